The summed E-state index contributed by atoms with van der Waals surface area (Å²) in [6, 6.07) is 17.9. The number of ether oxygens (including phenoxy) is 1. The van der Waals surface area contributed by atoms with Gasteiger partial charge in [0.1, 0.15) is 5.76 Å². The molecule has 3 aromatic rings. The van der Waals surface area contributed by atoms with Gasteiger partial charge in [-0.25, -0.2) is 0 Å². The Balaban J connectivity index is 1.50. The minimum Gasteiger partial charge on any atom is -0.467 e. The number of rotatable bonds is 4. The standard InChI is InChI=1S/C21H16N2O4/c24-20(22-13-16-7-4-10-26-16)15-8-9-18-17(12-15)23-21(25)19(27-18)11-14-5-2-1-3-6-14/h1-12H,13H2,(H,22,24)(H,23,25)/b19-11-. The van der Waals surface area contributed by atoms with Gasteiger partial charge in [0.25, 0.3) is 11.8 Å². The summed E-state index contributed by atoms with van der Waals surface area (Å²) in [5.41, 5.74) is 1.73. The summed E-state index contributed by atoms with van der Waals surface area (Å²) >= 11 is 0. The Kier molecular flexibility index (Phi) is 4.45. The first-order chi connectivity index (χ1) is 13.2. The summed E-state index contributed by atoms with van der Waals surface area (Å²) in [7, 11) is 0. The summed E-state index contributed by atoms with van der Waals surface area (Å²) < 4.78 is 10.9. The van der Waals surface area contributed by atoms with Crippen molar-refractivity contribution in [2.24, 2.45) is 0 Å². The molecule has 1 aromatic heterocycles. The van der Waals surface area contributed by atoms with Gasteiger partial charge in [-0.2, -0.15) is 0 Å². The second-order valence-electron chi connectivity index (χ2n) is 5.95. The average molecular weight is 360 g/mol. The fourth-order valence-corrected chi connectivity index (χ4v) is 2.68. The second kappa shape index (κ2) is 7.21. The van der Waals surface area contributed by atoms with Crippen molar-refractivity contribution in [3.05, 3.63) is 89.6 Å². The number of benzene rings is 2. The van der Waals surface area contributed by atoms with Gasteiger partial charge in [0, 0.05) is 5.56 Å². The molecular weight excluding hydrogens is 344 g/mol. The Labute approximate surface area is 155 Å². The van der Waals surface area contributed by atoms with E-state index >= 15 is 0 Å². The number of fused-ring (bicyclic) bond motifs is 1. The SMILES string of the molecule is O=C1Nc2cc(C(=O)NCc3ccco3)ccc2O/C1=C\c1ccccc1. The van der Waals surface area contributed by atoms with Crippen molar-refractivity contribution >= 4 is 23.6 Å². The molecule has 0 aliphatic carbocycles. The van der Waals surface area contributed by atoms with Crippen molar-refractivity contribution in [2.75, 3.05) is 5.32 Å². The molecule has 0 saturated heterocycles. The van der Waals surface area contributed by atoms with Crippen molar-refractivity contribution in [1.29, 1.82) is 0 Å². The fraction of sp³-hybridized carbons (Fsp3) is 0.0476. The third-order valence-corrected chi connectivity index (χ3v) is 4.03. The molecule has 0 saturated carbocycles. The lowest BCUT2D eigenvalue weighted by Crippen LogP contribution is -2.25. The van der Waals surface area contributed by atoms with Crippen LogP contribution in [0, 0.1) is 0 Å². The molecule has 0 unspecified atom stereocenters. The Morgan fingerprint density at radius 3 is 2.70 bits per heavy atom. The van der Waals surface area contributed by atoms with E-state index in [2.05, 4.69) is 10.6 Å². The Morgan fingerprint density at radius 2 is 1.93 bits per heavy atom. The summed E-state index contributed by atoms with van der Waals surface area (Å²) in [5.74, 6) is 0.713. The van der Waals surface area contributed by atoms with Crippen molar-refractivity contribution in [3.63, 3.8) is 0 Å². The smallest absolute Gasteiger partial charge is 0.291 e. The first kappa shape index (κ1) is 16.7. The van der Waals surface area contributed by atoms with Crippen molar-refractivity contribution < 1.29 is 18.7 Å². The van der Waals surface area contributed by atoms with Gasteiger partial charge in [0.05, 0.1) is 18.5 Å². The predicted molar refractivity (Wildman–Crippen MR) is 100.0 cm³/mol. The molecule has 6 nitrogen and oxygen atoms in total. The zero-order chi connectivity index (χ0) is 18.6. The van der Waals surface area contributed by atoms with Crippen LogP contribution in [0.4, 0.5) is 5.69 Å². The Hall–Kier alpha value is -3.80. The fourth-order valence-electron chi connectivity index (χ4n) is 2.68. The summed E-state index contributed by atoms with van der Waals surface area (Å²) in [4.78, 5) is 24.6. The minimum absolute atomic E-state index is 0.198. The lowest BCUT2D eigenvalue weighted by atomic mass is 10.1. The molecule has 2 amide bonds. The highest BCUT2D eigenvalue weighted by Crippen LogP contribution is 2.32. The molecule has 27 heavy (non-hydrogen) atoms. The number of nitrogens with one attached hydrogen (secondary N) is 2. The van der Waals surface area contributed by atoms with Gasteiger partial charge in [0.2, 0.25) is 0 Å². The molecule has 2 heterocycles. The second-order valence-corrected chi connectivity index (χ2v) is 5.95. The van der Waals surface area contributed by atoms with Gasteiger partial charge < -0.3 is 19.8 Å². The molecule has 134 valence electrons. The van der Waals surface area contributed by atoms with Gasteiger partial charge in [0.15, 0.2) is 11.5 Å². The molecular formula is C21H16N2O4. The number of hydrogen-bond acceptors (Lipinski definition) is 4. The largest absolute Gasteiger partial charge is 0.467 e. The van der Waals surface area contributed by atoms with E-state index in [1.807, 2.05) is 30.3 Å². The lowest BCUT2D eigenvalue weighted by Gasteiger charge is -2.20. The van der Waals surface area contributed by atoms with Crippen LogP contribution in [0.1, 0.15) is 21.7 Å². The summed E-state index contributed by atoms with van der Waals surface area (Å²) in [5, 5.41) is 5.53. The highest BCUT2D eigenvalue weighted by Gasteiger charge is 2.23. The predicted octanol–water partition coefficient (Wildman–Crippen LogP) is 3.58. The maximum absolute atomic E-state index is 12.3. The molecule has 0 fully saturated rings. The first-order valence-corrected chi connectivity index (χ1v) is 8.39. The summed E-state index contributed by atoms with van der Waals surface area (Å²) in [6.07, 6.45) is 3.22. The van der Waals surface area contributed by atoms with E-state index in [1.54, 1.807) is 42.7 Å². The van der Waals surface area contributed by atoms with Crippen molar-refractivity contribution in [3.8, 4) is 5.75 Å². The number of anilines is 1. The van der Waals surface area contributed by atoms with Crippen LogP contribution in [0.25, 0.3) is 6.08 Å². The van der Waals surface area contributed by atoms with E-state index in [-0.39, 0.29) is 24.1 Å². The van der Waals surface area contributed by atoms with Crippen LogP contribution in [0.2, 0.25) is 0 Å². The maximum atomic E-state index is 12.3. The molecule has 0 atom stereocenters. The van der Waals surface area contributed by atoms with E-state index in [9.17, 15) is 9.59 Å². The monoisotopic (exact) mass is 360 g/mol. The van der Waals surface area contributed by atoms with Crippen LogP contribution in [0.15, 0.2) is 77.1 Å². The van der Waals surface area contributed by atoms with Crippen LogP contribution < -0.4 is 15.4 Å². The maximum Gasteiger partial charge on any atom is 0.291 e. The minimum atomic E-state index is -0.362. The average Bonchev–Trinajstić information content (AvgIpc) is 3.21. The van der Waals surface area contributed by atoms with Crippen LogP contribution >= 0.6 is 0 Å². The normalized spacial score (nSPS) is 14.2. The molecule has 1 aliphatic heterocycles. The van der Waals surface area contributed by atoms with Crippen LogP contribution in [-0.2, 0) is 11.3 Å². The number of carbonyl (C=O) groups excluding carboxylic acids is 2. The highest BCUT2D eigenvalue weighted by atomic mass is 16.5. The molecule has 6 heteroatoms. The van der Waals surface area contributed by atoms with Gasteiger partial charge in [-0.3, -0.25) is 9.59 Å². The molecule has 0 bridgehead atoms. The van der Waals surface area contributed by atoms with Crippen LogP contribution in [0.5, 0.6) is 5.75 Å². The Bertz CT molecular complexity index is 1010. The number of furan rings is 1. The third kappa shape index (κ3) is 3.74. The molecule has 0 radical (unpaired) electrons. The van der Waals surface area contributed by atoms with E-state index in [4.69, 9.17) is 9.15 Å². The lowest BCUT2D eigenvalue weighted by molar-refractivity contribution is -0.115. The third-order valence-electron chi connectivity index (χ3n) is 4.03. The van der Waals surface area contributed by atoms with Gasteiger partial charge in [-0.15, -0.1) is 0 Å². The molecule has 2 N–H and O–H groups in total. The molecule has 2 aromatic carbocycles. The highest BCUT2D eigenvalue weighted by molar-refractivity contribution is 6.09. The topological polar surface area (TPSA) is 80.6 Å². The van der Waals surface area contributed by atoms with E-state index in [0.717, 1.165) is 5.56 Å². The van der Waals surface area contributed by atoms with Crippen molar-refractivity contribution in [2.45, 2.75) is 6.54 Å². The number of amides is 2. The molecule has 1 aliphatic rings. The van der Waals surface area contributed by atoms with Crippen LogP contribution in [-0.4, -0.2) is 11.8 Å². The first-order valence-electron chi connectivity index (χ1n) is 8.39. The number of carbonyl (C=O) groups is 2. The molecule has 0 spiro atoms. The van der Waals surface area contributed by atoms with Gasteiger partial charge >= 0.3 is 0 Å². The Morgan fingerprint density at radius 1 is 1.07 bits per heavy atom. The molecule has 4 rings (SSSR count). The van der Waals surface area contributed by atoms with E-state index < -0.39 is 0 Å². The van der Waals surface area contributed by atoms with Crippen LogP contribution in [0.3, 0.4) is 0 Å². The number of hydrogen-bond donors (Lipinski definition) is 2. The zero-order valence-corrected chi connectivity index (χ0v) is 14.3. The van der Waals surface area contributed by atoms with Gasteiger partial charge in [-0.05, 0) is 42.0 Å². The van der Waals surface area contributed by atoms with Gasteiger partial charge in [-0.1, -0.05) is 30.3 Å². The van der Waals surface area contributed by atoms with Crippen molar-refractivity contribution in [1.82, 2.24) is 5.32 Å². The quantitative estimate of drug-likeness (QED) is 0.697. The van der Waals surface area contributed by atoms with E-state index in [0.29, 0.717) is 22.8 Å². The summed E-state index contributed by atoms with van der Waals surface area (Å²) in [6.45, 7) is 0.287. The van der Waals surface area contributed by atoms with E-state index in [1.165, 1.54) is 0 Å². The zero-order valence-electron chi connectivity index (χ0n) is 14.3.